The molecule has 3 rings (SSSR count). The second-order valence-electron chi connectivity index (χ2n) is 5.50. The van der Waals surface area contributed by atoms with E-state index in [9.17, 15) is 14.7 Å². The van der Waals surface area contributed by atoms with Gasteiger partial charge in [-0.25, -0.2) is 4.79 Å². The van der Waals surface area contributed by atoms with Crippen molar-refractivity contribution in [2.24, 2.45) is 0 Å². The fraction of sp³-hybridized carbons (Fsp3) is 0.235. The maximum absolute atomic E-state index is 12.4. The van der Waals surface area contributed by atoms with Crippen molar-refractivity contribution in [2.75, 3.05) is 6.61 Å². The summed E-state index contributed by atoms with van der Waals surface area (Å²) in [4.78, 5) is 27.1. The lowest BCUT2D eigenvalue weighted by Crippen LogP contribution is -2.17. The third-order valence-corrected chi connectivity index (χ3v) is 4.06. The number of hydrogen-bond acceptors (Lipinski definition) is 5. The van der Waals surface area contributed by atoms with Crippen molar-refractivity contribution in [2.45, 2.75) is 20.3 Å². The third kappa shape index (κ3) is 3.10. The average molecular weight is 362 g/mol. The summed E-state index contributed by atoms with van der Waals surface area (Å²) in [6, 6.07) is 6.95. The van der Waals surface area contributed by atoms with E-state index in [1.54, 1.807) is 38.1 Å². The number of benzene rings is 1. The summed E-state index contributed by atoms with van der Waals surface area (Å²) in [6.07, 6.45) is 0.196. The van der Waals surface area contributed by atoms with Crippen molar-refractivity contribution >= 4 is 23.2 Å². The van der Waals surface area contributed by atoms with Crippen LogP contribution in [0.5, 0.6) is 5.88 Å². The minimum atomic E-state index is -0.601. The molecule has 0 radical (unpaired) electrons. The Balaban J connectivity index is 2.12. The Hall–Kier alpha value is -2.80. The van der Waals surface area contributed by atoms with Crippen LogP contribution in [-0.4, -0.2) is 32.3 Å². The first-order valence-corrected chi connectivity index (χ1v) is 8.05. The summed E-state index contributed by atoms with van der Waals surface area (Å²) in [5, 5.41) is 15.2. The van der Waals surface area contributed by atoms with Gasteiger partial charge in [0, 0.05) is 11.4 Å². The Kier molecular flexibility index (Phi) is 4.50. The molecule has 0 atom stereocenters. The maximum Gasteiger partial charge on any atom is 0.343 e. The van der Waals surface area contributed by atoms with Crippen molar-refractivity contribution < 1.29 is 14.6 Å². The van der Waals surface area contributed by atoms with Crippen molar-refractivity contribution in [3.63, 3.8) is 0 Å². The van der Waals surface area contributed by atoms with Crippen LogP contribution in [0.3, 0.4) is 0 Å². The molecule has 0 aliphatic carbocycles. The number of aromatic amines is 1. The molecule has 2 heterocycles. The number of aromatic nitrogens is 3. The summed E-state index contributed by atoms with van der Waals surface area (Å²) in [6.45, 7) is 3.49. The summed E-state index contributed by atoms with van der Waals surface area (Å²) >= 11 is 5.86. The van der Waals surface area contributed by atoms with E-state index >= 15 is 0 Å². The number of hydrogen-bond donors (Lipinski definition) is 2. The fourth-order valence-corrected chi connectivity index (χ4v) is 2.75. The first-order chi connectivity index (χ1) is 11.9. The number of rotatable bonds is 4. The van der Waals surface area contributed by atoms with Crippen LogP contribution in [0.25, 0.3) is 5.65 Å². The summed E-state index contributed by atoms with van der Waals surface area (Å²) in [7, 11) is 0. The standard InChI is InChI=1S/C17H16ClN3O4/c1-3-25-17(24)13-9(2)20-21-14(13)19-15(22)12(16(21)23)8-10-4-6-11(18)7-5-10/h4-7,23H,3,8H2,1-2H3,(H,19,22). The van der Waals surface area contributed by atoms with Crippen LogP contribution >= 0.6 is 11.6 Å². The number of carbonyl (C=O) groups is 1. The van der Waals surface area contributed by atoms with Gasteiger partial charge in [0.05, 0.1) is 17.9 Å². The lowest BCUT2D eigenvalue weighted by atomic mass is 10.1. The number of aryl methyl sites for hydroxylation is 1. The zero-order valence-corrected chi connectivity index (χ0v) is 14.4. The Labute approximate surface area is 147 Å². The van der Waals surface area contributed by atoms with E-state index in [1.165, 1.54) is 0 Å². The second-order valence-corrected chi connectivity index (χ2v) is 5.94. The topological polar surface area (TPSA) is 96.7 Å². The monoisotopic (exact) mass is 361 g/mol. The Morgan fingerprint density at radius 2 is 2.04 bits per heavy atom. The Morgan fingerprint density at radius 1 is 1.36 bits per heavy atom. The normalized spacial score (nSPS) is 11.0. The average Bonchev–Trinajstić information content (AvgIpc) is 2.90. The first kappa shape index (κ1) is 17.0. The highest BCUT2D eigenvalue weighted by atomic mass is 35.5. The van der Waals surface area contributed by atoms with Gasteiger partial charge in [0.15, 0.2) is 5.65 Å². The van der Waals surface area contributed by atoms with E-state index in [2.05, 4.69) is 10.1 Å². The molecule has 3 aromatic rings. The third-order valence-electron chi connectivity index (χ3n) is 3.81. The van der Waals surface area contributed by atoms with Crippen LogP contribution in [0.2, 0.25) is 5.02 Å². The Morgan fingerprint density at radius 3 is 2.68 bits per heavy atom. The molecule has 130 valence electrons. The number of esters is 1. The molecule has 2 aromatic heterocycles. The molecule has 0 saturated heterocycles. The maximum atomic E-state index is 12.4. The largest absolute Gasteiger partial charge is 0.493 e. The van der Waals surface area contributed by atoms with Crippen molar-refractivity contribution in [3.05, 3.63) is 62.0 Å². The van der Waals surface area contributed by atoms with Crippen LogP contribution in [0.1, 0.15) is 34.1 Å². The molecular weight excluding hydrogens is 346 g/mol. The minimum Gasteiger partial charge on any atom is -0.493 e. The lowest BCUT2D eigenvalue weighted by molar-refractivity contribution is 0.0527. The lowest BCUT2D eigenvalue weighted by Gasteiger charge is -2.07. The van der Waals surface area contributed by atoms with Gasteiger partial charge >= 0.3 is 5.97 Å². The van der Waals surface area contributed by atoms with E-state index in [1.807, 2.05) is 0 Å². The van der Waals surface area contributed by atoms with Crippen LogP contribution in [0.4, 0.5) is 0 Å². The second kappa shape index (κ2) is 6.60. The van der Waals surface area contributed by atoms with Gasteiger partial charge in [-0.3, -0.25) is 4.79 Å². The van der Waals surface area contributed by atoms with E-state index in [-0.39, 0.29) is 35.7 Å². The number of nitrogens with one attached hydrogen (secondary N) is 1. The summed E-state index contributed by atoms with van der Waals surface area (Å²) in [5.74, 6) is -0.914. The molecule has 0 aliphatic heterocycles. The van der Waals surface area contributed by atoms with Gasteiger partial charge in [0.25, 0.3) is 5.56 Å². The molecular formula is C17H16ClN3O4. The van der Waals surface area contributed by atoms with Crippen molar-refractivity contribution in [1.82, 2.24) is 14.6 Å². The fourth-order valence-electron chi connectivity index (χ4n) is 2.62. The first-order valence-electron chi connectivity index (χ1n) is 7.67. The molecule has 8 heteroatoms. The predicted octanol–water partition coefficient (Wildman–Crippen LogP) is 2.46. The molecule has 0 amide bonds. The zero-order valence-electron chi connectivity index (χ0n) is 13.7. The van der Waals surface area contributed by atoms with E-state index in [0.717, 1.165) is 10.1 Å². The summed E-state index contributed by atoms with van der Waals surface area (Å²) < 4.78 is 6.13. The molecule has 0 unspecified atom stereocenters. The molecule has 0 fully saturated rings. The molecule has 0 aliphatic rings. The SMILES string of the molecule is CCOC(=O)c1c(C)nn2c(O)c(Cc3ccc(Cl)cc3)c(=O)[nH]c12. The zero-order chi connectivity index (χ0) is 18.1. The molecule has 0 saturated carbocycles. The molecule has 7 nitrogen and oxygen atoms in total. The number of fused-ring (bicyclic) bond motifs is 1. The smallest absolute Gasteiger partial charge is 0.343 e. The van der Waals surface area contributed by atoms with E-state index in [4.69, 9.17) is 16.3 Å². The van der Waals surface area contributed by atoms with Crippen molar-refractivity contribution in [3.8, 4) is 5.88 Å². The minimum absolute atomic E-state index is 0.110. The van der Waals surface area contributed by atoms with Crippen LogP contribution in [0, 0.1) is 6.92 Å². The molecule has 25 heavy (non-hydrogen) atoms. The molecule has 2 N–H and O–H groups in total. The highest BCUT2D eigenvalue weighted by Crippen LogP contribution is 2.22. The van der Waals surface area contributed by atoms with Gasteiger partial charge in [-0.05, 0) is 31.5 Å². The molecule has 0 bridgehead atoms. The highest BCUT2D eigenvalue weighted by molar-refractivity contribution is 6.30. The van der Waals surface area contributed by atoms with Gasteiger partial charge in [-0.15, -0.1) is 0 Å². The highest BCUT2D eigenvalue weighted by Gasteiger charge is 2.23. The van der Waals surface area contributed by atoms with Gasteiger partial charge in [0.1, 0.15) is 5.56 Å². The quantitative estimate of drug-likeness (QED) is 0.696. The van der Waals surface area contributed by atoms with E-state index < -0.39 is 11.5 Å². The Bertz CT molecular complexity index is 1010. The van der Waals surface area contributed by atoms with Gasteiger partial charge < -0.3 is 14.8 Å². The number of ether oxygens (including phenoxy) is 1. The number of halogens is 1. The van der Waals surface area contributed by atoms with Crippen LogP contribution < -0.4 is 5.56 Å². The van der Waals surface area contributed by atoms with Crippen LogP contribution in [-0.2, 0) is 11.2 Å². The van der Waals surface area contributed by atoms with Gasteiger partial charge in [-0.2, -0.15) is 9.61 Å². The number of H-pyrrole nitrogens is 1. The molecule has 1 aromatic carbocycles. The number of carbonyl (C=O) groups excluding carboxylic acids is 1. The predicted molar refractivity (Wildman–Crippen MR) is 92.4 cm³/mol. The number of nitrogens with zero attached hydrogens (tertiary/aromatic N) is 2. The van der Waals surface area contributed by atoms with Crippen molar-refractivity contribution in [1.29, 1.82) is 0 Å². The summed E-state index contributed by atoms with van der Waals surface area (Å²) in [5.41, 5.74) is 1.05. The van der Waals surface area contributed by atoms with E-state index in [0.29, 0.717) is 10.7 Å². The number of aromatic hydroxyl groups is 1. The van der Waals surface area contributed by atoms with Crippen LogP contribution in [0.15, 0.2) is 29.1 Å². The van der Waals surface area contributed by atoms with Gasteiger partial charge in [0.2, 0.25) is 5.88 Å². The van der Waals surface area contributed by atoms with Gasteiger partial charge in [-0.1, -0.05) is 23.7 Å². The molecule has 0 spiro atoms.